The lowest BCUT2D eigenvalue weighted by Gasteiger charge is -2.24. The van der Waals surface area contributed by atoms with Gasteiger partial charge in [-0.3, -0.25) is 9.59 Å². The molecule has 6 heteroatoms. The fraction of sp³-hybridized carbons (Fsp3) is 0.200. The van der Waals surface area contributed by atoms with Gasteiger partial charge < -0.3 is 10.2 Å². The van der Waals surface area contributed by atoms with Gasteiger partial charge in [0.05, 0.1) is 5.56 Å². The fourth-order valence-corrected chi connectivity index (χ4v) is 2.86. The summed E-state index contributed by atoms with van der Waals surface area (Å²) in [4.78, 5) is 26.2. The molecule has 1 aliphatic heterocycles. The van der Waals surface area contributed by atoms with Crippen LogP contribution >= 0.6 is 0 Å². The molecule has 1 aliphatic rings. The summed E-state index contributed by atoms with van der Waals surface area (Å²) in [6.45, 7) is 0.631. The van der Waals surface area contributed by atoms with Gasteiger partial charge in [-0.2, -0.15) is 0 Å². The highest BCUT2D eigenvalue weighted by Crippen LogP contribution is 2.18. The average molecular weight is 356 g/mol. The Morgan fingerprint density at radius 2 is 1.88 bits per heavy atom. The molecule has 26 heavy (non-hydrogen) atoms. The van der Waals surface area contributed by atoms with Crippen LogP contribution in [0.15, 0.2) is 60.7 Å². The van der Waals surface area contributed by atoms with Gasteiger partial charge >= 0.3 is 0 Å². The maximum absolute atomic E-state index is 13.9. The molecule has 2 amide bonds. The lowest BCUT2D eigenvalue weighted by atomic mass is 10.1. The van der Waals surface area contributed by atoms with Crippen molar-refractivity contribution in [1.82, 2.24) is 10.2 Å². The Hall–Kier alpha value is -3.02. The zero-order chi connectivity index (χ0) is 18.5. The number of halogens is 2. The highest BCUT2D eigenvalue weighted by molar-refractivity contribution is 5.99. The first-order valence-corrected chi connectivity index (χ1v) is 8.30. The molecule has 0 aromatic heterocycles. The monoisotopic (exact) mass is 356 g/mol. The average Bonchev–Trinajstić information content (AvgIpc) is 3.12. The van der Waals surface area contributed by atoms with Crippen LogP contribution in [0, 0.1) is 11.6 Å². The van der Waals surface area contributed by atoms with Gasteiger partial charge in [-0.05, 0) is 24.1 Å². The molecule has 0 radical (unpaired) electrons. The Morgan fingerprint density at radius 1 is 1.12 bits per heavy atom. The summed E-state index contributed by atoms with van der Waals surface area (Å²) in [5.74, 6) is -2.67. The number of amides is 2. The summed E-state index contributed by atoms with van der Waals surface area (Å²) in [5.41, 5.74) is 0.841. The molecule has 0 saturated carbocycles. The predicted molar refractivity (Wildman–Crippen MR) is 93.5 cm³/mol. The molecule has 0 unspecified atom stereocenters. The van der Waals surface area contributed by atoms with Gasteiger partial charge in [-0.25, -0.2) is 8.78 Å². The molecule has 1 heterocycles. The van der Waals surface area contributed by atoms with E-state index >= 15 is 0 Å². The third kappa shape index (κ3) is 3.96. The van der Waals surface area contributed by atoms with E-state index in [0.717, 1.165) is 17.7 Å². The van der Waals surface area contributed by atoms with Gasteiger partial charge in [0, 0.05) is 19.2 Å². The van der Waals surface area contributed by atoms with E-state index in [2.05, 4.69) is 5.32 Å². The minimum absolute atomic E-state index is 0.201. The molecule has 0 bridgehead atoms. The van der Waals surface area contributed by atoms with E-state index in [9.17, 15) is 18.4 Å². The van der Waals surface area contributed by atoms with Crippen molar-refractivity contribution in [3.05, 3.63) is 83.4 Å². The summed E-state index contributed by atoms with van der Waals surface area (Å²) in [6.07, 6.45) is 3.96. The number of hydrogen-bond acceptors (Lipinski definition) is 2. The molecule has 4 nitrogen and oxygen atoms in total. The summed E-state index contributed by atoms with van der Waals surface area (Å²) in [7, 11) is 0. The smallest absolute Gasteiger partial charge is 0.258 e. The van der Waals surface area contributed by atoms with Crippen LogP contribution in [-0.2, 0) is 11.2 Å². The molecule has 3 rings (SSSR count). The number of benzene rings is 2. The highest BCUT2D eigenvalue weighted by Gasteiger charge is 2.32. The SMILES string of the molecule is O=C(NCCc1ccccc1)[C@H]1C=CCN1C(=O)c1ccc(F)cc1F. The zero-order valence-electron chi connectivity index (χ0n) is 14.0. The topological polar surface area (TPSA) is 49.4 Å². The van der Waals surface area contributed by atoms with Crippen LogP contribution in [-0.4, -0.2) is 35.8 Å². The maximum atomic E-state index is 13.9. The number of carbonyl (C=O) groups excluding carboxylic acids is 2. The minimum atomic E-state index is -0.940. The van der Waals surface area contributed by atoms with E-state index in [0.29, 0.717) is 19.0 Å². The quantitative estimate of drug-likeness (QED) is 0.838. The Kier molecular flexibility index (Phi) is 5.41. The normalized spacial score (nSPS) is 15.9. The maximum Gasteiger partial charge on any atom is 0.258 e. The lowest BCUT2D eigenvalue weighted by Crippen LogP contribution is -2.46. The molecule has 0 aliphatic carbocycles. The van der Waals surface area contributed by atoms with Gasteiger partial charge in [0.15, 0.2) is 0 Å². The van der Waals surface area contributed by atoms with E-state index in [-0.39, 0.29) is 18.0 Å². The summed E-state index contributed by atoms with van der Waals surface area (Å²) in [6, 6.07) is 11.7. The van der Waals surface area contributed by atoms with Crippen LogP contribution in [0.3, 0.4) is 0 Å². The molecule has 134 valence electrons. The van der Waals surface area contributed by atoms with Crippen LogP contribution < -0.4 is 5.32 Å². The second kappa shape index (κ2) is 7.91. The molecule has 0 spiro atoms. The summed E-state index contributed by atoms with van der Waals surface area (Å²) in [5, 5.41) is 2.80. The van der Waals surface area contributed by atoms with Crippen LogP contribution in [0.1, 0.15) is 15.9 Å². The molecule has 2 aromatic rings. The highest BCUT2D eigenvalue weighted by atomic mass is 19.1. The van der Waals surface area contributed by atoms with Crippen molar-refractivity contribution in [2.24, 2.45) is 0 Å². The van der Waals surface area contributed by atoms with Crippen molar-refractivity contribution in [1.29, 1.82) is 0 Å². The first kappa shape index (κ1) is 17.8. The standard InChI is InChI=1S/C20H18F2N2O2/c21-15-8-9-16(17(22)13-15)20(26)24-12-4-7-18(24)19(25)23-11-10-14-5-2-1-3-6-14/h1-9,13,18H,10-12H2,(H,23,25)/t18-/m1/s1. The predicted octanol–water partition coefficient (Wildman–Crippen LogP) is 2.70. The number of hydrogen-bond donors (Lipinski definition) is 1. The molecular weight excluding hydrogens is 338 g/mol. The number of nitrogens with one attached hydrogen (secondary N) is 1. The third-order valence-corrected chi connectivity index (χ3v) is 4.20. The summed E-state index contributed by atoms with van der Waals surface area (Å²) >= 11 is 0. The van der Waals surface area contributed by atoms with Crippen molar-refractivity contribution in [3.63, 3.8) is 0 Å². The molecule has 2 aromatic carbocycles. The molecule has 1 N–H and O–H groups in total. The van der Waals surface area contributed by atoms with Crippen LogP contribution in [0.5, 0.6) is 0 Å². The van der Waals surface area contributed by atoms with Crippen molar-refractivity contribution in [2.75, 3.05) is 13.1 Å². The van der Waals surface area contributed by atoms with Gasteiger partial charge in [-0.1, -0.05) is 42.5 Å². The lowest BCUT2D eigenvalue weighted by molar-refractivity contribution is -0.123. The Morgan fingerprint density at radius 3 is 2.62 bits per heavy atom. The van der Waals surface area contributed by atoms with Gasteiger partial charge in [-0.15, -0.1) is 0 Å². The van der Waals surface area contributed by atoms with Gasteiger partial charge in [0.25, 0.3) is 5.91 Å². The van der Waals surface area contributed by atoms with E-state index < -0.39 is 23.6 Å². The van der Waals surface area contributed by atoms with E-state index in [1.165, 1.54) is 4.90 Å². The van der Waals surface area contributed by atoms with E-state index in [4.69, 9.17) is 0 Å². The van der Waals surface area contributed by atoms with Crippen molar-refractivity contribution >= 4 is 11.8 Å². The summed E-state index contributed by atoms with van der Waals surface area (Å²) < 4.78 is 26.9. The molecule has 0 fully saturated rings. The van der Waals surface area contributed by atoms with Gasteiger partial charge in [0.2, 0.25) is 5.91 Å². The second-order valence-corrected chi connectivity index (χ2v) is 5.98. The van der Waals surface area contributed by atoms with Crippen molar-refractivity contribution in [2.45, 2.75) is 12.5 Å². The van der Waals surface area contributed by atoms with Crippen LogP contribution in [0.4, 0.5) is 8.78 Å². The Labute approximate surface area is 150 Å². The minimum Gasteiger partial charge on any atom is -0.354 e. The largest absolute Gasteiger partial charge is 0.354 e. The Balaban J connectivity index is 1.62. The number of carbonyl (C=O) groups is 2. The van der Waals surface area contributed by atoms with E-state index in [1.807, 2.05) is 30.3 Å². The van der Waals surface area contributed by atoms with Crippen molar-refractivity contribution < 1.29 is 18.4 Å². The number of nitrogens with zero attached hydrogens (tertiary/aromatic N) is 1. The van der Waals surface area contributed by atoms with Gasteiger partial charge in [0.1, 0.15) is 17.7 Å². The number of rotatable bonds is 5. The van der Waals surface area contributed by atoms with Crippen LogP contribution in [0.2, 0.25) is 0 Å². The third-order valence-electron chi connectivity index (χ3n) is 4.20. The second-order valence-electron chi connectivity index (χ2n) is 5.98. The first-order valence-electron chi connectivity index (χ1n) is 8.30. The molecule has 0 saturated heterocycles. The first-order chi connectivity index (χ1) is 12.6. The van der Waals surface area contributed by atoms with Crippen LogP contribution in [0.25, 0.3) is 0 Å². The van der Waals surface area contributed by atoms with E-state index in [1.54, 1.807) is 12.2 Å². The van der Waals surface area contributed by atoms with Crippen molar-refractivity contribution in [3.8, 4) is 0 Å². The fourth-order valence-electron chi connectivity index (χ4n) is 2.86. The molecular formula is C20H18F2N2O2. The molecule has 1 atom stereocenters. The Bertz CT molecular complexity index is 837. The zero-order valence-corrected chi connectivity index (χ0v) is 14.0.